The smallest absolute Gasteiger partial charge is 0.321 e. The normalized spacial score (nSPS) is 14.0. The number of anilines is 1. The maximum Gasteiger partial charge on any atom is 0.321 e. The van der Waals surface area contributed by atoms with Crippen molar-refractivity contribution in [2.24, 2.45) is 0 Å². The number of amides is 3. The van der Waals surface area contributed by atoms with Crippen LogP contribution in [0.15, 0.2) is 59.5 Å². The van der Waals surface area contributed by atoms with E-state index < -0.39 is 0 Å². The molecule has 0 aromatic heterocycles. The average molecular weight is 385 g/mol. The summed E-state index contributed by atoms with van der Waals surface area (Å²) in [5.41, 5.74) is 0.771. The van der Waals surface area contributed by atoms with E-state index in [0.717, 1.165) is 10.6 Å². The van der Waals surface area contributed by atoms with Gasteiger partial charge in [-0.3, -0.25) is 4.79 Å². The van der Waals surface area contributed by atoms with Crippen LogP contribution in [-0.2, 0) is 4.79 Å². The summed E-state index contributed by atoms with van der Waals surface area (Å²) in [4.78, 5) is 29.3. The van der Waals surface area contributed by atoms with Crippen molar-refractivity contribution in [1.29, 1.82) is 0 Å². The third kappa shape index (κ3) is 5.40. The maximum absolute atomic E-state index is 12.4. The van der Waals surface area contributed by atoms with Gasteiger partial charge in [-0.1, -0.05) is 18.2 Å². The summed E-state index contributed by atoms with van der Waals surface area (Å²) in [5, 5.41) is 2.90. The second-order valence-electron chi connectivity index (χ2n) is 6.13. The molecule has 0 unspecified atom stereocenters. The minimum Gasteiger partial charge on any atom is -0.484 e. The molecule has 0 atom stereocenters. The standard InChI is InChI=1S/C20H23N3O3S/c1-27-18-9-7-16(8-10-18)21-20(25)23-13-11-22(12-14-23)19(24)15-26-17-5-3-2-4-6-17/h2-10H,11-15H2,1H3,(H,21,25). The van der Waals surface area contributed by atoms with Crippen molar-refractivity contribution in [3.63, 3.8) is 0 Å². The molecule has 1 saturated heterocycles. The Hall–Kier alpha value is -2.67. The highest BCUT2D eigenvalue weighted by molar-refractivity contribution is 7.98. The number of para-hydroxylation sites is 1. The summed E-state index contributed by atoms with van der Waals surface area (Å²) in [6.45, 7) is 2.04. The Balaban J connectivity index is 1.43. The van der Waals surface area contributed by atoms with E-state index in [2.05, 4.69) is 5.32 Å². The zero-order valence-corrected chi connectivity index (χ0v) is 16.1. The Morgan fingerprint density at radius 3 is 2.22 bits per heavy atom. The molecule has 0 saturated carbocycles. The summed E-state index contributed by atoms with van der Waals surface area (Å²) >= 11 is 1.66. The van der Waals surface area contributed by atoms with Crippen LogP contribution in [0.1, 0.15) is 0 Å². The van der Waals surface area contributed by atoms with Crippen LogP contribution in [0.4, 0.5) is 10.5 Å². The third-order valence-electron chi connectivity index (χ3n) is 4.37. The second-order valence-corrected chi connectivity index (χ2v) is 7.01. The number of hydrogen-bond donors (Lipinski definition) is 1. The molecule has 0 spiro atoms. The Labute approximate surface area is 163 Å². The van der Waals surface area contributed by atoms with Crippen molar-refractivity contribution in [1.82, 2.24) is 9.80 Å². The van der Waals surface area contributed by atoms with E-state index >= 15 is 0 Å². The molecular formula is C20H23N3O3S. The molecule has 2 aromatic rings. The van der Waals surface area contributed by atoms with Crippen LogP contribution in [0, 0.1) is 0 Å². The number of carbonyl (C=O) groups is 2. The Morgan fingerprint density at radius 2 is 1.59 bits per heavy atom. The van der Waals surface area contributed by atoms with Crippen LogP contribution in [0.3, 0.4) is 0 Å². The van der Waals surface area contributed by atoms with Crippen molar-refractivity contribution >= 4 is 29.4 Å². The summed E-state index contributed by atoms with van der Waals surface area (Å²) in [5.74, 6) is 0.614. The van der Waals surface area contributed by atoms with E-state index in [9.17, 15) is 9.59 Å². The monoisotopic (exact) mass is 385 g/mol. The van der Waals surface area contributed by atoms with Gasteiger partial charge in [-0.05, 0) is 42.7 Å². The summed E-state index contributed by atoms with van der Waals surface area (Å²) < 4.78 is 5.51. The molecule has 3 amide bonds. The number of piperazine rings is 1. The molecule has 1 fully saturated rings. The first-order valence-corrected chi connectivity index (χ1v) is 10.0. The van der Waals surface area contributed by atoms with Crippen molar-refractivity contribution in [2.45, 2.75) is 4.90 Å². The molecule has 7 heteroatoms. The van der Waals surface area contributed by atoms with E-state index in [1.165, 1.54) is 0 Å². The largest absolute Gasteiger partial charge is 0.484 e. The average Bonchev–Trinajstić information content (AvgIpc) is 2.73. The van der Waals surface area contributed by atoms with E-state index in [1.807, 2.05) is 60.9 Å². The van der Waals surface area contributed by atoms with Crippen LogP contribution in [0.2, 0.25) is 0 Å². The number of benzene rings is 2. The van der Waals surface area contributed by atoms with Crippen LogP contribution in [-0.4, -0.2) is 60.8 Å². The van der Waals surface area contributed by atoms with Gasteiger partial charge in [-0.2, -0.15) is 0 Å². The molecule has 142 valence electrons. The fourth-order valence-electron chi connectivity index (χ4n) is 2.79. The summed E-state index contributed by atoms with van der Waals surface area (Å²) in [7, 11) is 0. The van der Waals surface area contributed by atoms with E-state index in [1.54, 1.807) is 21.6 Å². The lowest BCUT2D eigenvalue weighted by Gasteiger charge is -2.34. The van der Waals surface area contributed by atoms with Crippen LogP contribution in [0.25, 0.3) is 0 Å². The molecule has 1 aliphatic rings. The Bertz CT molecular complexity index is 760. The molecule has 1 aliphatic heterocycles. The first-order chi connectivity index (χ1) is 13.2. The van der Waals surface area contributed by atoms with Gasteiger partial charge in [0, 0.05) is 36.8 Å². The molecule has 1 heterocycles. The Morgan fingerprint density at radius 1 is 0.963 bits per heavy atom. The molecule has 6 nitrogen and oxygen atoms in total. The predicted molar refractivity (Wildman–Crippen MR) is 107 cm³/mol. The fraction of sp³-hybridized carbons (Fsp3) is 0.300. The van der Waals surface area contributed by atoms with Crippen molar-refractivity contribution < 1.29 is 14.3 Å². The lowest BCUT2D eigenvalue weighted by Crippen LogP contribution is -2.52. The number of nitrogens with one attached hydrogen (secondary N) is 1. The van der Waals surface area contributed by atoms with Gasteiger partial charge in [0.25, 0.3) is 5.91 Å². The molecule has 2 aromatic carbocycles. The number of rotatable bonds is 5. The summed E-state index contributed by atoms with van der Waals surface area (Å²) in [6.07, 6.45) is 2.01. The molecular weight excluding hydrogens is 362 g/mol. The van der Waals surface area contributed by atoms with Gasteiger partial charge in [0.2, 0.25) is 0 Å². The lowest BCUT2D eigenvalue weighted by atomic mass is 10.3. The quantitative estimate of drug-likeness (QED) is 0.803. The number of urea groups is 1. The lowest BCUT2D eigenvalue weighted by molar-refractivity contribution is -0.134. The van der Waals surface area contributed by atoms with Crippen molar-refractivity contribution in [3.05, 3.63) is 54.6 Å². The van der Waals surface area contributed by atoms with Crippen LogP contribution >= 0.6 is 11.8 Å². The van der Waals surface area contributed by atoms with Gasteiger partial charge in [0.05, 0.1) is 0 Å². The molecule has 0 bridgehead atoms. The predicted octanol–water partition coefficient (Wildman–Crippen LogP) is 3.16. The molecule has 3 rings (SSSR count). The maximum atomic E-state index is 12.4. The topological polar surface area (TPSA) is 61.9 Å². The molecule has 1 N–H and O–H groups in total. The molecule has 0 aliphatic carbocycles. The van der Waals surface area contributed by atoms with Crippen LogP contribution in [0.5, 0.6) is 5.75 Å². The number of carbonyl (C=O) groups excluding carboxylic acids is 2. The zero-order valence-electron chi connectivity index (χ0n) is 15.3. The van der Waals surface area contributed by atoms with Gasteiger partial charge >= 0.3 is 6.03 Å². The minimum absolute atomic E-state index is 0.0119. The minimum atomic E-state index is -0.139. The van der Waals surface area contributed by atoms with Gasteiger partial charge < -0.3 is 19.9 Å². The van der Waals surface area contributed by atoms with Crippen molar-refractivity contribution in [2.75, 3.05) is 44.4 Å². The van der Waals surface area contributed by atoms with E-state index in [-0.39, 0.29) is 18.5 Å². The second kappa shape index (κ2) is 9.32. The van der Waals surface area contributed by atoms with Gasteiger partial charge in [0.15, 0.2) is 6.61 Å². The number of hydrogen-bond acceptors (Lipinski definition) is 4. The van der Waals surface area contributed by atoms with Crippen molar-refractivity contribution in [3.8, 4) is 5.75 Å². The highest BCUT2D eigenvalue weighted by Gasteiger charge is 2.24. The van der Waals surface area contributed by atoms with Gasteiger partial charge in [0.1, 0.15) is 5.75 Å². The fourth-order valence-corrected chi connectivity index (χ4v) is 3.20. The van der Waals surface area contributed by atoms with E-state index in [0.29, 0.717) is 31.9 Å². The number of thioether (sulfide) groups is 1. The number of ether oxygens (including phenoxy) is 1. The first-order valence-electron chi connectivity index (χ1n) is 8.81. The van der Waals surface area contributed by atoms with Gasteiger partial charge in [-0.25, -0.2) is 4.79 Å². The number of nitrogens with zero attached hydrogens (tertiary/aromatic N) is 2. The molecule has 27 heavy (non-hydrogen) atoms. The molecule has 0 radical (unpaired) electrons. The van der Waals surface area contributed by atoms with Crippen LogP contribution < -0.4 is 10.1 Å². The highest BCUT2D eigenvalue weighted by atomic mass is 32.2. The SMILES string of the molecule is CSc1ccc(NC(=O)N2CCN(C(=O)COc3ccccc3)CC2)cc1. The first kappa shape index (κ1) is 19.1. The Kier molecular flexibility index (Phi) is 6.59. The third-order valence-corrected chi connectivity index (χ3v) is 5.11. The van der Waals surface area contributed by atoms with Gasteiger partial charge in [-0.15, -0.1) is 11.8 Å². The highest BCUT2D eigenvalue weighted by Crippen LogP contribution is 2.18. The summed E-state index contributed by atoms with van der Waals surface area (Å²) in [6, 6.07) is 16.9. The van der Waals surface area contributed by atoms with E-state index in [4.69, 9.17) is 4.74 Å². The zero-order chi connectivity index (χ0) is 19.1.